The molecule has 0 atom stereocenters. The van der Waals surface area contributed by atoms with Gasteiger partial charge < -0.3 is 10.1 Å². The third-order valence-electron chi connectivity index (χ3n) is 3.96. The average molecular weight is 388 g/mol. The van der Waals surface area contributed by atoms with Crippen molar-refractivity contribution in [3.8, 4) is 5.69 Å². The highest BCUT2D eigenvalue weighted by molar-refractivity contribution is 6.33. The maximum Gasteiger partial charge on any atom is 0.339 e. The summed E-state index contributed by atoms with van der Waals surface area (Å²) in [5.74, 6) is -1.36. The zero-order valence-electron chi connectivity index (χ0n) is 14.5. The Balaban J connectivity index is 1.85. The second-order valence-corrected chi connectivity index (χ2v) is 6.08. The standard InChI is InChI=1S/C19H15ClFN3O3/c1-11-16(10-22-24(11)14-6-3-12(21)4-7-14)18(25)23-13-5-8-17(20)15(9-13)19(26)27-2/h3-10H,1-2H3,(H,23,25). The van der Waals surface area contributed by atoms with Crippen LogP contribution in [0.2, 0.25) is 5.02 Å². The second-order valence-electron chi connectivity index (χ2n) is 5.67. The van der Waals surface area contributed by atoms with E-state index in [1.807, 2.05) is 0 Å². The van der Waals surface area contributed by atoms with E-state index in [0.717, 1.165) is 0 Å². The molecule has 6 nitrogen and oxygen atoms in total. The van der Waals surface area contributed by atoms with Crippen molar-refractivity contribution in [1.29, 1.82) is 0 Å². The predicted octanol–water partition coefficient (Wildman–Crippen LogP) is 4.01. The number of benzene rings is 2. The Morgan fingerprint density at radius 2 is 1.85 bits per heavy atom. The van der Waals surface area contributed by atoms with Crippen molar-refractivity contribution in [1.82, 2.24) is 9.78 Å². The number of anilines is 1. The number of nitrogens with zero attached hydrogens (tertiary/aromatic N) is 2. The number of halogens is 2. The molecule has 1 N–H and O–H groups in total. The molecular weight excluding hydrogens is 373 g/mol. The molecule has 0 spiro atoms. The van der Waals surface area contributed by atoms with Crippen molar-refractivity contribution < 1.29 is 18.7 Å². The van der Waals surface area contributed by atoms with Gasteiger partial charge in [0, 0.05) is 5.69 Å². The molecule has 0 saturated heterocycles. The number of rotatable bonds is 4. The molecule has 1 aromatic heterocycles. The van der Waals surface area contributed by atoms with Crippen LogP contribution in [0.15, 0.2) is 48.7 Å². The van der Waals surface area contributed by atoms with Crippen LogP contribution in [0.3, 0.4) is 0 Å². The Bertz CT molecular complexity index is 1020. The average Bonchev–Trinajstić information content (AvgIpc) is 3.05. The van der Waals surface area contributed by atoms with Crippen LogP contribution >= 0.6 is 11.6 Å². The fraction of sp³-hybridized carbons (Fsp3) is 0.105. The summed E-state index contributed by atoms with van der Waals surface area (Å²) >= 11 is 5.98. The van der Waals surface area contributed by atoms with Crippen LogP contribution in [0.1, 0.15) is 26.4 Å². The van der Waals surface area contributed by atoms with Gasteiger partial charge >= 0.3 is 5.97 Å². The molecular formula is C19H15ClFN3O3. The molecule has 3 aromatic rings. The molecule has 8 heteroatoms. The topological polar surface area (TPSA) is 73.2 Å². The van der Waals surface area contributed by atoms with Gasteiger partial charge in [-0.05, 0) is 49.4 Å². The van der Waals surface area contributed by atoms with E-state index in [0.29, 0.717) is 22.6 Å². The van der Waals surface area contributed by atoms with Gasteiger partial charge in [0.2, 0.25) is 0 Å². The Morgan fingerprint density at radius 1 is 1.15 bits per heavy atom. The number of nitrogens with one attached hydrogen (secondary N) is 1. The molecule has 0 fully saturated rings. The number of carbonyl (C=O) groups excluding carboxylic acids is 2. The summed E-state index contributed by atoms with van der Waals surface area (Å²) in [6.45, 7) is 1.73. The van der Waals surface area contributed by atoms with Crippen LogP contribution in [0.5, 0.6) is 0 Å². The lowest BCUT2D eigenvalue weighted by molar-refractivity contribution is 0.0600. The lowest BCUT2D eigenvalue weighted by atomic mass is 10.2. The molecule has 0 radical (unpaired) electrons. The number of hydrogen-bond donors (Lipinski definition) is 1. The number of hydrogen-bond acceptors (Lipinski definition) is 4. The molecule has 0 aliphatic heterocycles. The number of methoxy groups -OCH3 is 1. The van der Waals surface area contributed by atoms with E-state index in [-0.39, 0.29) is 16.4 Å². The Hall–Kier alpha value is -3.19. The first kappa shape index (κ1) is 18.6. The van der Waals surface area contributed by atoms with Gasteiger partial charge in [0.25, 0.3) is 5.91 Å². The molecule has 3 rings (SSSR count). The summed E-state index contributed by atoms with van der Waals surface area (Å²) in [6, 6.07) is 10.3. The molecule has 0 aliphatic rings. The van der Waals surface area contributed by atoms with Gasteiger partial charge in [0.15, 0.2) is 0 Å². The van der Waals surface area contributed by atoms with Gasteiger partial charge in [-0.1, -0.05) is 11.6 Å². The fourth-order valence-corrected chi connectivity index (χ4v) is 2.74. The largest absolute Gasteiger partial charge is 0.465 e. The first-order chi connectivity index (χ1) is 12.9. The van der Waals surface area contributed by atoms with Crippen LogP contribution in [-0.2, 0) is 4.74 Å². The third-order valence-corrected chi connectivity index (χ3v) is 4.28. The van der Waals surface area contributed by atoms with E-state index in [9.17, 15) is 14.0 Å². The van der Waals surface area contributed by atoms with Crippen LogP contribution in [0.4, 0.5) is 10.1 Å². The van der Waals surface area contributed by atoms with E-state index >= 15 is 0 Å². The maximum absolute atomic E-state index is 13.1. The lowest BCUT2D eigenvalue weighted by Gasteiger charge is -2.09. The zero-order chi connectivity index (χ0) is 19.6. The van der Waals surface area contributed by atoms with Gasteiger partial charge in [-0.15, -0.1) is 0 Å². The molecule has 0 aliphatic carbocycles. The summed E-state index contributed by atoms with van der Waals surface area (Å²) in [6.07, 6.45) is 1.42. The molecule has 1 amide bonds. The minimum Gasteiger partial charge on any atom is -0.465 e. The van der Waals surface area contributed by atoms with Crippen LogP contribution < -0.4 is 5.32 Å². The first-order valence-electron chi connectivity index (χ1n) is 7.90. The maximum atomic E-state index is 13.1. The number of amides is 1. The Kier molecular flexibility index (Phi) is 5.23. The lowest BCUT2D eigenvalue weighted by Crippen LogP contribution is -2.14. The molecule has 0 bridgehead atoms. The second kappa shape index (κ2) is 7.59. The smallest absolute Gasteiger partial charge is 0.339 e. The highest BCUT2D eigenvalue weighted by atomic mass is 35.5. The summed E-state index contributed by atoms with van der Waals surface area (Å²) < 4.78 is 19.3. The molecule has 0 saturated carbocycles. The number of aromatic nitrogens is 2. The van der Waals surface area contributed by atoms with Crippen LogP contribution in [0, 0.1) is 12.7 Å². The SMILES string of the molecule is COC(=O)c1cc(NC(=O)c2cnn(-c3ccc(F)cc3)c2C)ccc1Cl. The molecule has 2 aromatic carbocycles. The minimum atomic E-state index is -0.601. The summed E-state index contributed by atoms with van der Waals surface area (Å²) in [4.78, 5) is 24.3. The number of carbonyl (C=O) groups is 2. The van der Waals surface area contributed by atoms with Gasteiger partial charge in [0.05, 0.1) is 40.8 Å². The third kappa shape index (κ3) is 3.83. The normalized spacial score (nSPS) is 10.5. The summed E-state index contributed by atoms with van der Waals surface area (Å²) in [5, 5.41) is 7.11. The Morgan fingerprint density at radius 3 is 2.52 bits per heavy atom. The molecule has 27 heavy (non-hydrogen) atoms. The highest BCUT2D eigenvalue weighted by Gasteiger charge is 2.17. The van der Waals surface area contributed by atoms with Crippen LogP contribution in [-0.4, -0.2) is 28.8 Å². The van der Waals surface area contributed by atoms with Crippen molar-refractivity contribution in [3.05, 3.63) is 76.3 Å². The summed E-state index contributed by atoms with van der Waals surface area (Å²) in [5.41, 5.74) is 2.09. The molecule has 138 valence electrons. The van der Waals surface area contributed by atoms with Crippen molar-refractivity contribution in [2.75, 3.05) is 12.4 Å². The van der Waals surface area contributed by atoms with Gasteiger partial charge in [-0.2, -0.15) is 5.10 Å². The van der Waals surface area contributed by atoms with Gasteiger partial charge in [-0.25, -0.2) is 13.9 Å². The molecule has 0 unspecified atom stereocenters. The van der Waals surface area contributed by atoms with E-state index in [1.165, 1.54) is 42.3 Å². The van der Waals surface area contributed by atoms with Crippen molar-refractivity contribution in [2.24, 2.45) is 0 Å². The van der Waals surface area contributed by atoms with E-state index in [2.05, 4.69) is 15.2 Å². The monoisotopic (exact) mass is 387 g/mol. The van der Waals surface area contributed by atoms with Crippen molar-refractivity contribution in [3.63, 3.8) is 0 Å². The van der Waals surface area contributed by atoms with E-state index < -0.39 is 11.9 Å². The highest BCUT2D eigenvalue weighted by Crippen LogP contribution is 2.22. The first-order valence-corrected chi connectivity index (χ1v) is 8.28. The van der Waals surface area contributed by atoms with E-state index in [4.69, 9.17) is 11.6 Å². The summed E-state index contributed by atoms with van der Waals surface area (Å²) in [7, 11) is 1.25. The fourth-order valence-electron chi connectivity index (χ4n) is 2.54. The zero-order valence-corrected chi connectivity index (χ0v) is 15.2. The predicted molar refractivity (Wildman–Crippen MR) is 99.0 cm³/mol. The number of ether oxygens (including phenoxy) is 1. The van der Waals surface area contributed by atoms with Crippen LogP contribution in [0.25, 0.3) is 5.69 Å². The van der Waals surface area contributed by atoms with E-state index in [1.54, 1.807) is 25.1 Å². The molecule has 1 heterocycles. The van der Waals surface area contributed by atoms with Crippen molar-refractivity contribution in [2.45, 2.75) is 6.92 Å². The quantitative estimate of drug-likeness (QED) is 0.686. The Labute approximate surface area is 159 Å². The minimum absolute atomic E-state index is 0.149. The van der Waals surface area contributed by atoms with Crippen molar-refractivity contribution >= 4 is 29.2 Å². The van der Waals surface area contributed by atoms with Gasteiger partial charge in [-0.3, -0.25) is 4.79 Å². The number of esters is 1. The van der Waals surface area contributed by atoms with Gasteiger partial charge in [0.1, 0.15) is 5.82 Å².